The molecule has 0 aromatic carbocycles. The van der Waals surface area contributed by atoms with E-state index >= 15 is 0 Å². The lowest BCUT2D eigenvalue weighted by Gasteiger charge is -2.29. The summed E-state index contributed by atoms with van der Waals surface area (Å²) in [5.41, 5.74) is 0.833. The van der Waals surface area contributed by atoms with Crippen molar-refractivity contribution in [2.24, 2.45) is 0 Å². The number of aromatic nitrogens is 2. The van der Waals surface area contributed by atoms with Crippen LogP contribution in [0.2, 0.25) is 0 Å². The molecule has 1 aromatic rings. The van der Waals surface area contributed by atoms with E-state index in [1.165, 1.54) is 0 Å². The highest BCUT2D eigenvalue weighted by atomic mass is 16.5. The molecule has 1 N–H and O–H groups in total. The van der Waals surface area contributed by atoms with Crippen LogP contribution in [0.1, 0.15) is 12.6 Å². The Bertz CT molecular complexity index is 379. The van der Waals surface area contributed by atoms with Gasteiger partial charge in [0.05, 0.1) is 24.9 Å². The Labute approximate surface area is 106 Å². The second-order valence-electron chi connectivity index (χ2n) is 4.24. The fraction of sp³-hybridized carbons (Fsp3) is 0.583. The quantitative estimate of drug-likeness (QED) is 0.802. The molecule has 2 rings (SSSR count). The van der Waals surface area contributed by atoms with Crippen molar-refractivity contribution >= 4 is 5.91 Å². The van der Waals surface area contributed by atoms with Crippen molar-refractivity contribution in [1.82, 2.24) is 20.2 Å². The van der Waals surface area contributed by atoms with Crippen LogP contribution in [0.5, 0.6) is 0 Å². The SMILES string of the molecule is CC(NCc1cnccn1)C(=O)N1CCOCC1. The van der Waals surface area contributed by atoms with Crippen LogP contribution < -0.4 is 5.32 Å². The number of hydrogen-bond acceptors (Lipinski definition) is 5. The highest BCUT2D eigenvalue weighted by molar-refractivity contribution is 5.81. The number of nitrogens with one attached hydrogen (secondary N) is 1. The molecule has 1 aliphatic rings. The summed E-state index contributed by atoms with van der Waals surface area (Å²) < 4.78 is 5.23. The van der Waals surface area contributed by atoms with Gasteiger partial charge in [0.25, 0.3) is 0 Å². The number of morpholine rings is 1. The molecule has 1 fully saturated rings. The minimum absolute atomic E-state index is 0.113. The van der Waals surface area contributed by atoms with Crippen LogP contribution in [-0.4, -0.2) is 53.1 Å². The number of nitrogens with zero attached hydrogens (tertiary/aromatic N) is 3. The van der Waals surface area contributed by atoms with Gasteiger partial charge in [0.15, 0.2) is 0 Å². The molecular weight excluding hydrogens is 232 g/mol. The van der Waals surface area contributed by atoms with E-state index in [0.29, 0.717) is 32.8 Å². The lowest BCUT2D eigenvalue weighted by Crippen LogP contribution is -2.49. The molecule has 1 amide bonds. The summed E-state index contributed by atoms with van der Waals surface area (Å²) in [6.07, 6.45) is 4.97. The average Bonchev–Trinajstić information content (AvgIpc) is 2.46. The van der Waals surface area contributed by atoms with Crippen LogP contribution in [-0.2, 0) is 16.1 Å². The average molecular weight is 250 g/mol. The Morgan fingerprint density at radius 1 is 1.50 bits per heavy atom. The van der Waals surface area contributed by atoms with Gasteiger partial charge >= 0.3 is 0 Å². The molecule has 0 saturated carbocycles. The fourth-order valence-corrected chi connectivity index (χ4v) is 1.82. The van der Waals surface area contributed by atoms with Gasteiger partial charge in [-0.05, 0) is 6.92 Å². The van der Waals surface area contributed by atoms with Crippen LogP contribution in [0.25, 0.3) is 0 Å². The Hall–Kier alpha value is -1.53. The van der Waals surface area contributed by atoms with Gasteiger partial charge in [-0.1, -0.05) is 0 Å². The van der Waals surface area contributed by atoms with Crippen molar-refractivity contribution in [2.75, 3.05) is 26.3 Å². The van der Waals surface area contributed by atoms with Gasteiger partial charge in [-0.15, -0.1) is 0 Å². The number of carbonyl (C=O) groups is 1. The summed E-state index contributed by atoms with van der Waals surface area (Å²) in [5, 5.41) is 3.16. The standard InChI is InChI=1S/C12H18N4O2/c1-10(12(17)16-4-6-18-7-5-16)15-9-11-8-13-2-3-14-11/h2-3,8,10,15H,4-7,9H2,1H3. The lowest BCUT2D eigenvalue weighted by molar-refractivity contribution is -0.137. The van der Waals surface area contributed by atoms with E-state index in [0.717, 1.165) is 5.69 Å². The first-order chi connectivity index (χ1) is 8.77. The molecule has 1 aliphatic heterocycles. The zero-order chi connectivity index (χ0) is 12.8. The van der Waals surface area contributed by atoms with E-state index in [-0.39, 0.29) is 11.9 Å². The van der Waals surface area contributed by atoms with Crippen molar-refractivity contribution in [2.45, 2.75) is 19.5 Å². The highest BCUT2D eigenvalue weighted by Gasteiger charge is 2.21. The molecular formula is C12H18N4O2. The second-order valence-corrected chi connectivity index (χ2v) is 4.24. The van der Waals surface area contributed by atoms with Gasteiger partial charge in [0.2, 0.25) is 5.91 Å². The zero-order valence-corrected chi connectivity index (χ0v) is 10.5. The molecule has 18 heavy (non-hydrogen) atoms. The molecule has 1 atom stereocenters. The topological polar surface area (TPSA) is 67.4 Å². The van der Waals surface area contributed by atoms with Crippen LogP contribution in [0.4, 0.5) is 0 Å². The molecule has 0 aliphatic carbocycles. The van der Waals surface area contributed by atoms with Crippen molar-refractivity contribution in [3.05, 3.63) is 24.3 Å². The minimum atomic E-state index is -0.217. The van der Waals surface area contributed by atoms with Crippen molar-refractivity contribution in [3.63, 3.8) is 0 Å². The predicted molar refractivity (Wildman–Crippen MR) is 65.7 cm³/mol. The molecule has 1 aromatic heterocycles. The highest BCUT2D eigenvalue weighted by Crippen LogP contribution is 2.01. The van der Waals surface area contributed by atoms with Crippen molar-refractivity contribution < 1.29 is 9.53 Å². The normalized spacial score (nSPS) is 17.5. The number of amides is 1. The van der Waals surface area contributed by atoms with E-state index in [1.54, 1.807) is 18.6 Å². The molecule has 98 valence electrons. The van der Waals surface area contributed by atoms with Crippen molar-refractivity contribution in [1.29, 1.82) is 0 Å². The first kappa shape index (κ1) is 12.9. The maximum atomic E-state index is 12.1. The van der Waals surface area contributed by atoms with Crippen LogP contribution in [0, 0.1) is 0 Å². The van der Waals surface area contributed by atoms with Gasteiger partial charge in [0, 0.05) is 38.2 Å². The van der Waals surface area contributed by atoms with Gasteiger partial charge in [0.1, 0.15) is 0 Å². The molecule has 0 bridgehead atoms. The molecule has 0 radical (unpaired) electrons. The van der Waals surface area contributed by atoms with E-state index in [2.05, 4.69) is 15.3 Å². The van der Waals surface area contributed by atoms with Gasteiger partial charge in [-0.3, -0.25) is 14.8 Å². The van der Waals surface area contributed by atoms with E-state index in [1.807, 2.05) is 11.8 Å². The molecule has 6 nitrogen and oxygen atoms in total. The van der Waals surface area contributed by atoms with Gasteiger partial charge < -0.3 is 15.0 Å². The predicted octanol–water partition coefficient (Wildman–Crippen LogP) is -0.186. The number of hydrogen-bond donors (Lipinski definition) is 1. The largest absolute Gasteiger partial charge is 0.378 e. The summed E-state index contributed by atoms with van der Waals surface area (Å²) in [6.45, 7) is 5.02. The number of rotatable bonds is 4. The minimum Gasteiger partial charge on any atom is -0.378 e. The van der Waals surface area contributed by atoms with Crippen LogP contribution in [0.15, 0.2) is 18.6 Å². The van der Waals surface area contributed by atoms with Gasteiger partial charge in [-0.2, -0.15) is 0 Å². The summed E-state index contributed by atoms with van der Waals surface area (Å²) in [7, 11) is 0. The summed E-state index contributed by atoms with van der Waals surface area (Å²) >= 11 is 0. The molecule has 2 heterocycles. The third-order valence-electron chi connectivity index (χ3n) is 2.90. The lowest BCUT2D eigenvalue weighted by atomic mass is 10.2. The summed E-state index contributed by atoms with van der Waals surface area (Å²) in [4.78, 5) is 22.1. The zero-order valence-electron chi connectivity index (χ0n) is 10.5. The maximum Gasteiger partial charge on any atom is 0.239 e. The fourth-order valence-electron chi connectivity index (χ4n) is 1.82. The Balaban J connectivity index is 1.80. The summed E-state index contributed by atoms with van der Waals surface area (Å²) in [6, 6.07) is -0.217. The van der Waals surface area contributed by atoms with E-state index in [4.69, 9.17) is 4.74 Å². The molecule has 1 saturated heterocycles. The maximum absolute atomic E-state index is 12.1. The third-order valence-corrected chi connectivity index (χ3v) is 2.90. The van der Waals surface area contributed by atoms with E-state index < -0.39 is 0 Å². The first-order valence-corrected chi connectivity index (χ1v) is 6.12. The molecule has 6 heteroatoms. The first-order valence-electron chi connectivity index (χ1n) is 6.12. The monoisotopic (exact) mass is 250 g/mol. The Morgan fingerprint density at radius 3 is 2.94 bits per heavy atom. The van der Waals surface area contributed by atoms with Crippen LogP contribution >= 0.6 is 0 Å². The second kappa shape index (κ2) is 6.42. The van der Waals surface area contributed by atoms with Crippen molar-refractivity contribution in [3.8, 4) is 0 Å². The Morgan fingerprint density at radius 2 is 2.28 bits per heavy atom. The van der Waals surface area contributed by atoms with Gasteiger partial charge in [-0.25, -0.2) is 0 Å². The smallest absolute Gasteiger partial charge is 0.239 e. The Kier molecular flexibility index (Phi) is 4.60. The van der Waals surface area contributed by atoms with E-state index in [9.17, 15) is 4.79 Å². The number of ether oxygens (including phenoxy) is 1. The molecule has 0 spiro atoms. The summed E-state index contributed by atoms with van der Waals surface area (Å²) in [5.74, 6) is 0.113. The van der Waals surface area contributed by atoms with Crippen LogP contribution in [0.3, 0.4) is 0 Å². The molecule has 1 unspecified atom stereocenters. The third kappa shape index (κ3) is 3.48. The number of carbonyl (C=O) groups excluding carboxylic acids is 1.